The monoisotopic (exact) mass is 691 g/mol. The molecule has 1 fully saturated rings. The van der Waals surface area contributed by atoms with E-state index in [0.29, 0.717) is 36.4 Å². The summed E-state index contributed by atoms with van der Waals surface area (Å²) in [5.74, 6) is -5.00. The van der Waals surface area contributed by atoms with Crippen molar-refractivity contribution in [2.45, 2.75) is 40.6 Å². The number of hydrogen-bond donors (Lipinski definition) is 1. The number of halogens is 10. The van der Waals surface area contributed by atoms with Gasteiger partial charge >= 0.3 is 18.3 Å². The summed E-state index contributed by atoms with van der Waals surface area (Å²) in [4.78, 5) is 12.1. The van der Waals surface area contributed by atoms with Gasteiger partial charge in [0, 0.05) is 24.2 Å². The van der Waals surface area contributed by atoms with E-state index in [4.69, 9.17) is 0 Å². The van der Waals surface area contributed by atoms with E-state index in [1.54, 1.807) is 0 Å². The van der Waals surface area contributed by atoms with E-state index >= 15 is 0 Å². The average Bonchev–Trinajstić information content (AvgIpc) is 3.34. The predicted octanol–water partition coefficient (Wildman–Crippen LogP) is 6.52. The number of carbonyl (C=O) groups is 1. The third-order valence-corrected chi connectivity index (χ3v) is 9.91. The second-order valence-corrected chi connectivity index (χ2v) is 12.3. The normalized spacial score (nSPS) is 18.1. The van der Waals surface area contributed by atoms with Crippen molar-refractivity contribution in [2.24, 2.45) is 0 Å². The molecule has 1 unspecified atom stereocenters. The van der Waals surface area contributed by atoms with Gasteiger partial charge in [0.25, 0.3) is 5.60 Å². The lowest BCUT2D eigenvalue weighted by molar-refractivity contribution is -0.392. The molecule has 4 rings (SSSR count). The Hall–Kier alpha value is -3.34. The van der Waals surface area contributed by atoms with Crippen LogP contribution in [0.1, 0.15) is 23.1 Å². The van der Waals surface area contributed by atoms with Crippen LogP contribution < -0.4 is 0 Å². The molecular formula is C28H23ClF9NO5S. The summed E-state index contributed by atoms with van der Waals surface area (Å²) >= 11 is 0. The molecule has 0 aromatic heterocycles. The Balaban J connectivity index is 0.00000552. The Kier molecular flexibility index (Phi) is 10.3. The Morgan fingerprint density at radius 2 is 1.40 bits per heavy atom. The maximum atomic E-state index is 14.3. The van der Waals surface area contributed by atoms with Gasteiger partial charge in [-0.15, -0.1) is 12.4 Å². The van der Waals surface area contributed by atoms with Crippen LogP contribution in [0.15, 0.2) is 71.6 Å². The van der Waals surface area contributed by atoms with Gasteiger partial charge in [-0.25, -0.2) is 21.6 Å². The zero-order valence-corrected chi connectivity index (χ0v) is 24.3. The van der Waals surface area contributed by atoms with E-state index in [-0.39, 0.29) is 30.9 Å². The summed E-state index contributed by atoms with van der Waals surface area (Å²) in [6.45, 7) is -3.03. The number of alkyl halides is 6. The van der Waals surface area contributed by atoms with Gasteiger partial charge in [0.05, 0.1) is 18.0 Å². The first kappa shape index (κ1) is 36.1. The zero-order chi connectivity index (χ0) is 32.7. The van der Waals surface area contributed by atoms with Gasteiger partial charge in [-0.2, -0.15) is 26.3 Å². The van der Waals surface area contributed by atoms with Crippen molar-refractivity contribution in [3.63, 3.8) is 0 Å². The molecule has 1 aliphatic rings. The standard InChI is InChI=1S/C28H22F9NO5S.ClH/c29-19-8-10-20(11-9-19)44(41,42)25(12-13-38(16-25)14-24(39)40)17-4-6-18(7-5-17)26(27(32,33)34,28(35,36)37)43-15-21-22(30)2-1-3-23(21)31;/h1-11H,12-16H2,(H,39,40);1H. The maximum Gasteiger partial charge on any atom is 0.430 e. The van der Waals surface area contributed by atoms with Crippen LogP contribution in [0.3, 0.4) is 0 Å². The van der Waals surface area contributed by atoms with Crippen LogP contribution in [0, 0.1) is 17.5 Å². The zero-order valence-electron chi connectivity index (χ0n) is 22.6. The highest BCUT2D eigenvalue weighted by Gasteiger charge is 2.73. The quantitative estimate of drug-likeness (QED) is 0.203. The van der Waals surface area contributed by atoms with Crippen molar-refractivity contribution < 1.29 is 62.6 Å². The molecule has 1 heterocycles. The third kappa shape index (κ3) is 6.50. The molecule has 0 saturated carbocycles. The molecule has 17 heteroatoms. The number of benzene rings is 3. The molecule has 1 N–H and O–H groups in total. The van der Waals surface area contributed by atoms with Crippen LogP contribution in [0.2, 0.25) is 0 Å². The minimum atomic E-state index is -6.22. The second-order valence-electron chi connectivity index (χ2n) is 10.0. The first-order valence-corrected chi connectivity index (χ1v) is 14.1. The molecule has 0 aliphatic carbocycles. The highest BCUT2D eigenvalue weighted by Crippen LogP contribution is 2.54. The summed E-state index contributed by atoms with van der Waals surface area (Å²) in [5.41, 5.74) is -8.12. The average molecular weight is 692 g/mol. The lowest BCUT2D eigenvalue weighted by Gasteiger charge is -2.38. The van der Waals surface area contributed by atoms with Gasteiger partial charge in [0.1, 0.15) is 22.2 Å². The molecule has 6 nitrogen and oxygen atoms in total. The molecule has 3 aromatic rings. The van der Waals surface area contributed by atoms with E-state index in [9.17, 15) is 57.8 Å². The van der Waals surface area contributed by atoms with Gasteiger partial charge in [-0.3, -0.25) is 9.69 Å². The second kappa shape index (κ2) is 12.8. The van der Waals surface area contributed by atoms with Crippen molar-refractivity contribution in [1.82, 2.24) is 4.90 Å². The van der Waals surface area contributed by atoms with Gasteiger partial charge in [0.2, 0.25) is 0 Å². The largest absolute Gasteiger partial charge is 0.480 e. The number of carboxylic acids is 1. The molecule has 1 atom stereocenters. The lowest BCUT2D eigenvalue weighted by atomic mass is 9.88. The van der Waals surface area contributed by atoms with E-state index in [2.05, 4.69) is 4.74 Å². The molecule has 1 saturated heterocycles. The molecule has 0 bridgehead atoms. The van der Waals surface area contributed by atoms with Crippen molar-refractivity contribution in [3.05, 3.63) is 101 Å². The fourth-order valence-corrected chi connectivity index (χ4v) is 7.33. The Morgan fingerprint density at radius 1 is 0.867 bits per heavy atom. The van der Waals surface area contributed by atoms with Crippen LogP contribution in [0.4, 0.5) is 39.5 Å². The summed E-state index contributed by atoms with van der Waals surface area (Å²) < 4.78 is 158. The van der Waals surface area contributed by atoms with E-state index in [1.807, 2.05) is 0 Å². The minimum Gasteiger partial charge on any atom is -0.480 e. The third-order valence-electron chi connectivity index (χ3n) is 7.42. The molecule has 3 aromatic carbocycles. The molecule has 0 amide bonds. The maximum absolute atomic E-state index is 14.3. The summed E-state index contributed by atoms with van der Waals surface area (Å²) in [5, 5.41) is 9.20. The highest BCUT2D eigenvalue weighted by molar-refractivity contribution is 7.92. The van der Waals surface area contributed by atoms with Crippen molar-refractivity contribution in [3.8, 4) is 0 Å². The predicted molar refractivity (Wildman–Crippen MR) is 143 cm³/mol. The number of carboxylic acid groups (broad SMARTS) is 1. The fourth-order valence-electron chi connectivity index (χ4n) is 5.23. The molecule has 1 aliphatic heterocycles. The summed E-state index contributed by atoms with van der Waals surface area (Å²) in [6.07, 6.45) is -12.8. The Morgan fingerprint density at radius 3 is 1.89 bits per heavy atom. The van der Waals surface area contributed by atoms with Crippen LogP contribution in [0.5, 0.6) is 0 Å². The number of hydrogen-bond acceptors (Lipinski definition) is 5. The van der Waals surface area contributed by atoms with Crippen LogP contribution >= 0.6 is 12.4 Å². The van der Waals surface area contributed by atoms with Crippen LogP contribution in [0.25, 0.3) is 0 Å². The van der Waals surface area contributed by atoms with Crippen molar-refractivity contribution in [1.29, 1.82) is 0 Å². The number of aliphatic carboxylic acids is 1. The molecular weight excluding hydrogens is 669 g/mol. The SMILES string of the molecule is Cl.O=C(O)CN1CCC(c2ccc(C(OCc3c(F)cccc3F)(C(F)(F)F)C(F)(F)F)cc2)(S(=O)(=O)c2ccc(F)cc2)C1. The fraction of sp³-hybridized carbons (Fsp3) is 0.321. The minimum absolute atomic E-state index is 0. The highest BCUT2D eigenvalue weighted by atomic mass is 35.5. The number of ether oxygens (including phenoxy) is 1. The van der Waals surface area contributed by atoms with Crippen LogP contribution in [-0.2, 0) is 36.3 Å². The first-order chi connectivity index (χ1) is 20.4. The van der Waals surface area contributed by atoms with E-state index < -0.39 is 91.7 Å². The van der Waals surface area contributed by atoms with Gasteiger partial charge in [0.15, 0.2) is 9.84 Å². The number of rotatable bonds is 9. The number of nitrogens with zero attached hydrogens (tertiary/aromatic N) is 1. The van der Waals surface area contributed by atoms with E-state index in [0.717, 1.165) is 30.3 Å². The Labute approximate surface area is 256 Å². The Bertz CT molecular complexity index is 1600. The topological polar surface area (TPSA) is 83.9 Å². The summed E-state index contributed by atoms with van der Waals surface area (Å²) in [7, 11) is -4.56. The van der Waals surface area contributed by atoms with Crippen LogP contribution in [-0.4, -0.2) is 56.4 Å². The number of likely N-dealkylation sites (tertiary alicyclic amines) is 1. The van der Waals surface area contributed by atoms with Crippen molar-refractivity contribution in [2.75, 3.05) is 19.6 Å². The first-order valence-electron chi connectivity index (χ1n) is 12.6. The van der Waals surface area contributed by atoms with Crippen molar-refractivity contribution >= 4 is 28.2 Å². The van der Waals surface area contributed by atoms with E-state index in [1.165, 1.54) is 4.90 Å². The summed E-state index contributed by atoms with van der Waals surface area (Å²) in [6, 6.07) is 7.72. The number of sulfone groups is 1. The van der Waals surface area contributed by atoms with Gasteiger partial charge in [-0.05, 0) is 48.4 Å². The lowest BCUT2D eigenvalue weighted by Crippen LogP contribution is -2.56. The van der Waals surface area contributed by atoms with Gasteiger partial charge in [-0.1, -0.05) is 30.3 Å². The smallest absolute Gasteiger partial charge is 0.430 e. The molecule has 246 valence electrons. The molecule has 0 spiro atoms. The van der Waals surface area contributed by atoms with Gasteiger partial charge < -0.3 is 9.84 Å². The molecule has 45 heavy (non-hydrogen) atoms. The molecule has 0 radical (unpaired) electrons.